The summed E-state index contributed by atoms with van der Waals surface area (Å²) in [7, 11) is 1.61. The van der Waals surface area contributed by atoms with Crippen LogP contribution in [-0.2, 0) is 4.79 Å². The summed E-state index contributed by atoms with van der Waals surface area (Å²) >= 11 is 5.19. The molecule has 0 radical (unpaired) electrons. The fourth-order valence-electron chi connectivity index (χ4n) is 2.42. The first-order valence-electron chi connectivity index (χ1n) is 9.13. The number of azo groups is 1. The summed E-state index contributed by atoms with van der Waals surface area (Å²) in [5.74, 6) is 0.436. The Morgan fingerprint density at radius 2 is 1.53 bits per heavy atom. The van der Waals surface area contributed by atoms with Crippen molar-refractivity contribution in [1.29, 1.82) is 0 Å². The Morgan fingerprint density at radius 1 is 0.900 bits per heavy atom. The third kappa shape index (κ3) is 6.65. The highest BCUT2D eigenvalue weighted by Gasteiger charge is 2.02. The average molecular weight is 417 g/mol. The minimum atomic E-state index is -0.323. The standard InChI is InChI=1S/C23H20N4O2S/c1-29-21-14-7-17(8-15-21)9-16-22(28)25-23(30)24-18-10-12-20(13-11-18)27-26-19-5-3-2-4-6-19/h2-16H,1H3,(H2,24,25,28,30). The summed E-state index contributed by atoms with van der Waals surface area (Å²) < 4.78 is 5.11. The molecule has 3 aromatic rings. The number of nitrogens with zero attached hydrogens (tertiary/aromatic N) is 2. The van der Waals surface area contributed by atoms with Gasteiger partial charge in [-0.15, -0.1) is 0 Å². The number of methoxy groups -OCH3 is 1. The van der Waals surface area contributed by atoms with Gasteiger partial charge < -0.3 is 10.1 Å². The van der Waals surface area contributed by atoms with Crippen molar-refractivity contribution in [3.63, 3.8) is 0 Å². The number of benzene rings is 3. The van der Waals surface area contributed by atoms with Crippen molar-refractivity contribution in [3.8, 4) is 5.75 Å². The fourth-order valence-corrected chi connectivity index (χ4v) is 2.64. The van der Waals surface area contributed by atoms with Crippen LogP contribution in [0.4, 0.5) is 17.1 Å². The Balaban J connectivity index is 1.49. The van der Waals surface area contributed by atoms with Crippen molar-refractivity contribution in [3.05, 3.63) is 90.5 Å². The molecule has 0 heterocycles. The van der Waals surface area contributed by atoms with Crippen LogP contribution in [0.25, 0.3) is 6.08 Å². The SMILES string of the molecule is COc1ccc(C=CC(=O)NC(=S)Nc2ccc(N=Nc3ccccc3)cc2)cc1. The predicted molar refractivity (Wildman–Crippen MR) is 123 cm³/mol. The normalized spacial score (nSPS) is 10.8. The zero-order chi connectivity index (χ0) is 21.2. The lowest BCUT2D eigenvalue weighted by molar-refractivity contribution is -0.115. The maximum absolute atomic E-state index is 12.0. The van der Waals surface area contributed by atoms with E-state index in [-0.39, 0.29) is 11.0 Å². The molecule has 0 saturated heterocycles. The monoisotopic (exact) mass is 416 g/mol. The summed E-state index contributed by atoms with van der Waals surface area (Å²) in [6.45, 7) is 0. The summed E-state index contributed by atoms with van der Waals surface area (Å²) in [6.07, 6.45) is 3.12. The lowest BCUT2D eigenvalue weighted by Crippen LogP contribution is -2.32. The summed E-state index contributed by atoms with van der Waals surface area (Å²) in [6, 6.07) is 24.1. The van der Waals surface area contributed by atoms with Crippen molar-refractivity contribution in [1.82, 2.24) is 5.32 Å². The Morgan fingerprint density at radius 3 is 2.17 bits per heavy atom. The Kier molecular flexibility index (Phi) is 7.40. The van der Waals surface area contributed by atoms with Crippen LogP contribution in [0.1, 0.15) is 5.56 Å². The number of rotatable bonds is 6. The van der Waals surface area contributed by atoms with E-state index in [9.17, 15) is 4.79 Å². The van der Waals surface area contributed by atoms with E-state index in [1.165, 1.54) is 6.08 Å². The first-order chi connectivity index (χ1) is 14.6. The lowest BCUT2D eigenvalue weighted by atomic mass is 10.2. The van der Waals surface area contributed by atoms with Crippen molar-refractivity contribution < 1.29 is 9.53 Å². The number of nitrogens with one attached hydrogen (secondary N) is 2. The molecule has 0 bridgehead atoms. The number of anilines is 1. The second kappa shape index (κ2) is 10.6. The molecule has 3 rings (SSSR count). The molecule has 0 unspecified atom stereocenters. The molecule has 0 aliphatic heterocycles. The van der Waals surface area contributed by atoms with Gasteiger partial charge >= 0.3 is 0 Å². The van der Waals surface area contributed by atoms with E-state index in [1.54, 1.807) is 13.2 Å². The van der Waals surface area contributed by atoms with E-state index in [0.717, 1.165) is 22.7 Å². The molecular formula is C23H20N4O2S. The van der Waals surface area contributed by atoms with E-state index >= 15 is 0 Å². The van der Waals surface area contributed by atoms with Crippen LogP contribution in [0.2, 0.25) is 0 Å². The van der Waals surface area contributed by atoms with Gasteiger partial charge in [-0.2, -0.15) is 10.2 Å². The molecular weight excluding hydrogens is 396 g/mol. The fraction of sp³-hybridized carbons (Fsp3) is 0.0435. The van der Waals surface area contributed by atoms with Crippen molar-refractivity contribution in [2.75, 3.05) is 12.4 Å². The molecule has 0 aliphatic rings. The highest BCUT2D eigenvalue weighted by atomic mass is 32.1. The second-order valence-electron chi connectivity index (χ2n) is 6.13. The first-order valence-corrected chi connectivity index (χ1v) is 9.54. The first kappa shape index (κ1) is 20.9. The van der Waals surface area contributed by atoms with Gasteiger partial charge in [0.05, 0.1) is 18.5 Å². The van der Waals surface area contributed by atoms with E-state index < -0.39 is 0 Å². The van der Waals surface area contributed by atoms with Gasteiger partial charge in [0, 0.05) is 11.8 Å². The molecule has 0 aromatic heterocycles. The summed E-state index contributed by atoms with van der Waals surface area (Å²) in [5.41, 5.74) is 3.11. The molecule has 7 heteroatoms. The molecule has 0 spiro atoms. The van der Waals surface area contributed by atoms with Gasteiger partial charge in [0.2, 0.25) is 5.91 Å². The van der Waals surface area contributed by atoms with Crippen molar-refractivity contribution in [2.45, 2.75) is 0 Å². The van der Waals surface area contributed by atoms with E-state index in [4.69, 9.17) is 17.0 Å². The molecule has 0 atom stereocenters. The molecule has 150 valence electrons. The molecule has 6 nitrogen and oxygen atoms in total. The zero-order valence-electron chi connectivity index (χ0n) is 16.3. The van der Waals surface area contributed by atoms with E-state index in [1.807, 2.05) is 78.9 Å². The van der Waals surface area contributed by atoms with Crippen molar-refractivity contribution in [2.24, 2.45) is 10.2 Å². The quantitative estimate of drug-likeness (QED) is 0.310. The Bertz CT molecular complexity index is 1050. The number of amides is 1. The highest BCUT2D eigenvalue weighted by molar-refractivity contribution is 7.80. The second-order valence-corrected chi connectivity index (χ2v) is 6.54. The van der Waals surface area contributed by atoms with Crippen LogP contribution < -0.4 is 15.4 Å². The Labute approximate surface area is 180 Å². The molecule has 0 saturated carbocycles. The third-order valence-corrected chi connectivity index (χ3v) is 4.15. The Hall–Kier alpha value is -3.84. The van der Waals surface area contributed by atoms with Gasteiger partial charge in [0.25, 0.3) is 0 Å². The van der Waals surface area contributed by atoms with Gasteiger partial charge in [-0.3, -0.25) is 10.1 Å². The number of carbonyl (C=O) groups excluding carboxylic acids is 1. The summed E-state index contributed by atoms with van der Waals surface area (Å²) in [4.78, 5) is 12.0. The largest absolute Gasteiger partial charge is 0.497 e. The van der Waals surface area contributed by atoms with Gasteiger partial charge in [0.1, 0.15) is 5.75 Å². The van der Waals surface area contributed by atoms with Crippen LogP contribution in [0.5, 0.6) is 5.75 Å². The van der Waals surface area contributed by atoms with E-state index in [0.29, 0.717) is 5.69 Å². The number of ether oxygens (including phenoxy) is 1. The number of hydrogen-bond acceptors (Lipinski definition) is 5. The molecule has 3 aromatic carbocycles. The minimum absolute atomic E-state index is 0.207. The van der Waals surface area contributed by atoms with Crippen LogP contribution in [-0.4, -0.2) is 18.1 Å². The van der Waals surface area contributed by atoms with Crippen LogP contribution in [0.3, 0.4) is 0 Å². The van der Waals surface area contributed by atoms with Crippen LogP contribution in [0, 0.1) is 0 Å². The van der Waals surface area contributed by atoms with E-state index in [2.05, 4.69) is 20.9 Å². The molecule has 1 amide bonds. The molecule has 0 fully saturated rings. The summed E-state index contributed by atoms with van der Waals surface area (Å²) in [5, 5.41) is 14.1. The predicted octanol–water partition coefficient (Wildman–Crippen LogP) is 5.64. The number of carbonyl (C=O) groups is 1. The third-order valence-electron chi connectivity index (χ3n) is 3.94. The molecule has 2 N–H and O–H groups in total. The van der Waals surface area contributed by atoms with Gasteiger partial charge in [-0.1, -0.05) is 30.3 Å². The molecule has 0 aliphatic carbocycles. The highest BCUT2D eigenvalue weighted by Crippen LogP contribution is 2.20. The van der Waals surface area contributed by atoms with Crippen molar-refractivity contribution >= 4 is 46.4 Å². The minimum Gasteiger partial charge on any atom is -0.497 e. The van der Waals surface area contributed by atoms with Crippen LogP contribution >= 0.6 is 12.2 Å². The maximum Gasteiger partial charge on any atom is 0.250 e. The molecule has 30 heavy (non-hydrogen) atoms. The smallest absolute Gasteiger partial charge is 0.250 e. The lowest BCUT2D eigenvalue weighted by Gasteiger charge is -2.08. The topological polar surface area (TPSA) is 75.1 Å². The zero-order valence-corrected chi connectivity index (χ0v) is 17.1. The van der Waals surface area contributed by atoms with Gasteiger partial charge in [-0.25, -0.2) is 0 Å². The number of thiocarbonyl (C=S) groups is 1. The average Bonchev–Trinajstić information content (AvgIpc) is 2.78. The van der Waals surface area contributed by atoms with Gasteiger partial charge in [-0.05, 0) is 72.4 Å². The van der Waals surface area contributed by atoms with Gasteiger partial charge in [0.15, 0.2) is 5.11 Å². The van der Waals surface area contributed by atoms with Crippen LogP contribution in [0.15, 0.2) is 95.2 Å². The number of hydrogen-bond donors (Lipinski definition) is 2. The maximum atomic E-state index is 12.0.